The summed E-state index contributed by atoms with van der Waals surface area (Å²) in [4.78, 5) is 13.4. The van der Waals surface area contributed by atoms with Gasteiger partial charge < -0.3 is 11.1 Å². The van der Waals surface area contributed by atoms with E-state index in [0.717, 1.165) is 44.9 Å². The number of likely N-dealkylation sites (tertiary alicyclic amines) is 1. The lowest BCUT2D eigenvalue weighted by molar-refractivity contribution is -0.122. The van der Waals surface area contributed by atoms with E-state index < -0.39 is 0 Å². The summed E-state index contributed by atoms with van der Waals surface area (Å²) >= 11 is 0. The van der Waals surface area contributed by atoms with E-state index in [1.807, 2.05) is 0 Å². The van der Waals surface area contributed by atoms with Crippen molar-refractivity contribution < 1.29 is 4.79 Å². The van der Waals surface area contributed by atoms with Gasteiger partial charge in [-0.15, -0.1) is 0 Å². The molecule has 16 heavy (non-hydrogen) atoms. The van der Waals surface area contributed by atoms with Crippen LogP contribution in [0.5, 0.6) is 0 Å². The molecule has 1 aliphatic heterocycles. The summed E-state index contributed by atoms with van der Waals surface area (Å²) < 4.78 is 0. The molecule has 3 N–H and O–H groups in total. The molecular weight excluding hydrogens is 202 g/mol. The molecule has 0 aromatic rings. The molecule has 2 aliphatic rings. The third kappa shape index (κ3) is 2.95. The molecule has 0 spiro atoms. The first-order valence-electron chi connectivity index (χ1n) is 6.54. The Hall–Kier alpha value is -0.610. The van der Waals surface area contributed by atoms with Crippen LogP contribution < -0.4 is 11.1 Å². The summed E-state index contributed by atoms with van der Waals surface area (Å²) in [6.45, 7) is 3.12. The molecule has 1 heterocycles. The van der Waals surface area contributed by atoms with Gasteiger partial charge in [-0.05, 0) is 45.2 Å². The van der Waals surface area contributed by atoms with Crippen LogP contribution in [0.15, 0.2) is 0 Å². The van der Waals surface area contributed by atoms with Gasteiger partial charge in [0.1, 0.15) is 0 Å². The summed E-state index contributed by atoms with van der Waals surface area (Å²) in [6, 6.07) is 0.772. The fourth-order valence-electron chi connectivity index (χ4n) is 2.62. The molecule has 92 valence electrons. The van der Waals surface area contributed by atoms with E-state index in [9.17, 15) is 4.79 Å². The van der Waals surface area contributed by atoms with E-state index in [1.54, 1.807) is 0 Å². The highest BCUT2D eigenvalue weighted by Crippen LogP contribution is 2.18. The molecule has 1 atom stereocenters. The van der Waals surface area contributed by atoms with E-state index in [-0.39, 0.29) is 11.9 Å². The number of carbonyl (C=O) groups is 1. The van der Waals surface area contributed by atoms with Crippen molar-refractivity contribution in [3.05, 3.63) is 0 Å². The minimum Gasteiger partial charge on any atom is -0.368 e. The summed E-state index contributed by atoms with van der Waals surface area (Å²) in [5.74, 6) is -0.149. The molecule has 0 radical (unpaired) electrons. The van der Waals surface area contributed by atoms with Crippen LogP contribution in [0.3, 0.4) is 0 Å². The van der Waals surface area contributed by atoms with Crippen molar-refractivity contribution in [1.29, 1.82) is 0 Å². The number of carbonyl (C=O) groups excluding carboxylic acids is 1. The zero-order chi connectivity index (χ0) is 11.4. The number of amides is 1. The first-order chi connectivity index (χ1) is 7.77. The van der Waals surface area contributed by atoms with Crippen LogP contribution >= 0.6 is 0 Å². The van der Waals surface area contributed by atoms with E-state index in [2.05, 4.69) is 10.2 Å². The van der Waals surface area contributed by atoms with Gasteiger partial charge in [-0.25, -0.2) is 0 Å². The van der Waals surface area contributed by atoms with Crippen LogP contribution in [0.2, 0.25) is 0 Å². The molecule has 2 rings (SSSR count). The van der Waals surface area contributed by atoms with Crippen molar-refractivity contribution in [1.82, 2.24) is 10.2 Å². The van der Waals surface area contributed by atoms with Gasteiger partial charge >= 0.3 is 0 Å². The van der Waals surface area contributed by atoms with Crippen molar-refractivity contribution in [2.24, 2.45) is 5.73 Å². The Morgan fingerprint density at radius 1 is 1.31 bits per heavy atom. The summed E-state index contributed by atoms with van der Waals surface area (Å²) in [6.07, 6.45) is 7.25. The van der Waals surface area contributed by atoms with E-state index >= 15 is 0 Å². The average molecular weight is 225 g/mol. The molecule has 1 saturated carbocycles. The van der Waals surface area contributed by atoms with Gasteiger partial charge in [0.2, 0.25) is 5.91 Å². The molecule has 2 fully saturated rings. The van der Waals surface area contributed by atoms with Gasteiger partial charge in [-0.1, -0.05) is 6.42 Å². The predicted molar refractivity (Wildman–Crippen MR) is 64.0 cm³/mol. The number of nitrogens with one attached hydrogen (secondary N) is 1. The lowest BCUT2D eigenvalue weighted by Crippen LogP contribution is -2.42. The average Bonchev–Trinajstić information content (AvgIpc) is 2.62. The van der Waals surface area contributed by atoms with Crippen molar-refractivity contribution in [3.8, 4) is 0 Å². The smallest absolute Gasteiger partial charge is 0.234 e. The minimum absolute atomic E-state index is 0.00343. The third-order valence-electron chi connectivity index (χ3n) is 3.85. The number of hydrogen-bond donors (Lipinski definition) is 2. The molecule has 1 aliphatic carbocycles. The summed E-state index contributed by atoms with van der Waals surface area (Å²) in [5, 5.41) is 3.54. The highest BCUT2D eigenvalue weighted by Gasteiger charge is 2.28. The third-order valence-corrected chi connectivity index (χ3v) is 3.85. The Morgan fingerprint density at radius 2 is 2.12 bits per heavy atom. The number of nitrogens with two attached hydrogens (primary N) is 1. The normalized spacial score (nSPS) is 26.9. The fraction of sp³-hybridized carbons (Fsp3) is 0.917. The van der Waals surface area contributed by atoms with Gasteiger partial charge in [0.05, 0.1) is 6.04 Å². The molecule has 1 unspecified atom stereocenters. The summed E-state index contributed by atoms with van der Waals surface area (Å²) in [7, 11) is 0. The van der Waals surface area contributed by atoms with Crippen molar-refractivity contribution in [2.75, 3.05) is 19.6 Å². The zero-order valence-electron chi connectivity index (χ0n) is 9.95. The lowest BCUT2D eigenvalue weighted by atomic mass is 9.93. The molecule has 0 aromatic carbocycles. The zero-order valence-corrected chi connectivity index (χ0v) is 9.95. The second-order valence-corrected chi connectivity index (χ2v) is 5.03. The standard InChI is InChI=1S/C12H23N3O/c13-12(16)11-6-2-8-15(11)9-3-7-14-10-4-1-5-10/h10-11,14H,1-9H2,(H2,13,16). The summed E-state index contributed by atoms with van der Waals surface area (Å²) in [5.41, 5.74) is 5.38. The second-order valence-electron chi connectivity index (χ2n) is 5.03. The monoisotopic (exact) mass is 225 g/mol. The Balaban J connectivity index is 1.59. The SMILES string of the molecule is NC(=O)C1CCCN1CCCNC1CCC1. The van der Waals surface area contributed by atoms with Gasteiger partial charge in [0, 0.05) is 12.6 Å². The van der Waals surface area contributed by atoms with Crippen LogP contribution in [0.25, 0.3) is 0 Å². The van der Waals surface area contributed by atoms with E-state index in [4.69, 9.17) is 5.73 Å². The maximum atomic E-state index is 11.2. The number of rotatable bonds is 6. The van der Waals surface area contributed by atoms with Crippen LogP contribution in [0, 0.1) is 0 Å². The molecular formula is C12H23N3O. The first kappa shape index (κ1) is 11.9. The number of nitrogens with zero attached hydrogens (tertiary/aromatic N) is 1. The van der Waals surface area contributed by atoms with Crippen molar-refractivity contribution in [2.45, 2.75) is 50.6 Å². The molecule has 4 heteroatoms. The predicted octanol–water partition coefficient (Wildman–Crippen LogP) is 0.468. The molecule has 0 aromatic heterocycles. The van der Waals surface area contributed by atoms with Crippen molar-refractivity contribution in [3.63, 3.8) is 0 Å². The molecule has 4 nitrogen and oxygen atoms in total. The molecule has 1 saturated heterocycles. The van der Waals surface area contributed by atoms with Gasteiger partial charge in [0.25, 0.3) is 0 Å². The number of hydrogen-bond acceptors (Lipinski definition) is 3. The first-order valence-corrected chi connectivity index (χ1v) is 6.54. The van der Waals surface area contributed by atoms with E-state index in [1.165, 1.54) is 19.3 Å². The number of primary amides is 1. The van der Waals surface area contributed by atoms with Crippen LogP contribution in [0.1, 0.15) is 38.5 Å². The van der Waals surface area contributed by atoms with Gasteiger partial charge in [-0.2, -0.15) is 0 Å². The van der Waals surface area contributed by atoms with Crippen LogP contribution in [-0.2, 0) is 4.79 Å². The molecule has 0 bridgehead atoms. The lowest BCUT2D eigenvalue weighted by Gasteiger charge is -2.27. The quantitative estimate of drug-likeness (QED) is 0.646. The topological polar surface area (TPSA) is 58.4 Å². The maximum Gasteiger partial charge on any atom is 0.234 e. The highest BCUT2D eigenvalue weighted by atomic mass is 16.1. The maximum absolute atomic E-state index is 11.2. The van der Waals surface area contributed by atoms with Gasteiger partial charge in [-0.3, -0.25) is 9.69 Å². The van der Waals surface area contributed by atoms with Crippen molar-refractivity contribution >= 4 is 5.91 Å². The Morgan fingerprint density at radius 3 is 2.75 bits per heavy atom. The Kier molecular flexibility index (Phi) is 4.18. The van der Waals surface area contributed by atoms with E-state index in [0.29, 0.717) is 0 Å². The van der Waals surface area contributed by atoms with Crippen LogP contribution in [-0.4, -0.2) is 42.5 Å². The highest BCUT2D eigenvalue weighted by molar-refractivity contribution is 5.80. The Bertz CT molecular complexity index is 240. The molecule has 1 amide bonds. The van der Waals surface area contributed by atoms with Crippen LogP contribution in [0.4, 0.5) is 0 Å². The fourth-order valence-corrected chi connectivity index (χ4v) is 2.62. The largest absolute Gasteiger partial charge is 0.368 e. The second kappa shape index (κ2) is 5.64. The minimum atomic E-state index is -0.149. The van der Waals surface area contributed by atoms with Gasteiger partial charge in [0.15, 0.2) is 0 Å². The Labute approximate surface area is 97.6 Å².